The molecule has 0 aromatic carbocycles. The van der Waals surface area contributed by atoms with Crippen LogP contribution in [0.5, 0.6) is 0 Å². The van der Waals surface area contributed by atoms with Crippen LogP contribution in [0.25, 0.3) is 0 Å². The largest absolute Gasteiger partial charge is 0.158 e. The average molecular weight is 111 g/mol. The molecule has 0 aromatic rings. The van der Waals surface area contributed by atoms with E-state index in [2.05, 4.69) is 15.7 Å². The summed E-state index contributed by atoms with van der Waals surface area (Å²) in [4.78, 5) is 0. The summed E-state index contributed by atoms with van der Waals surface area (Å²) in [6.07, 6.45) is 3.43. The molecule has 0 aromatic heterocycles. The van der Waals surface area contributed by atoms with Gasteiger partial charge in [-0.15, -0.1) is 5.10 Å². The van der Waals surface area contributed by atoms with Crippen LogP contribution >= 0.6 is 11.8 Å². The van der Waals surface area contributed by atoms with E-state index >= 15 is 0 Å². The number of nitrogens with zero attached hydrogens (tertiary/aromatic N) is 2. The zero-order chi connectivity index (χ0) is 4.95. The normalized spacial score (nSPS) is 17.1. The molecule has 7 heavy (non-hydrogen) atoms. The van der Waals surface area contributed by atoms with Crippen LogP contribution in [0.2, 0.25) is 0 Å². The van der Waals surface area contributed by atoms with E-state index in [1.54, 1.807) is 6.21 Å². The summed E-state index contributed by atoms with van der Waals surface area (Å²) < 4.78 is 0. The Labute approximate surface area is 46.0 Å². The third-order valence-corrected chi connectivity index (χ3v) is 0.931. The Morgan fingerprint density at radius 3 is 3.57 bits per heavy atom. The lowest BCUT2D eigenvalue weighted by atomic mass is 10.7. The highest BCUT2D eigenvalue weighted by molar-refractivity contribution is 8.14. The van der Waals surface area contributed by atoms with Gasteiger partial charge in [0.25, 0.3) is 0 Å². The van der Waals surface area contributed by atoms with Crippen molar-refractivity contribution < 1.29 is 0 Å². The number of rotatable bonds is 0. The molecule has 1 heterocycles. The van der Waals surface area contributed by atoms with E-state index in [0.717, 1.165) is 0 Å². The van der Waals surface area contributed by atoms with Gasteiger partial charge < -0.3 is 0 Å². The van der Waals surface area contributed by atoms with Gasteiger partial charge >= 0.3 is 0 Å². The monoisotopic (exact) mass is 111 g/mol. The minimum atomic E-state index is 1.39. The maximum Gasteiger partial charge on any atom is 0.157 e. The molecular weight excluding hydrogens is 108 g/mol. The fourth-order valence-corrected chi connectivity index (χ4v) is 0.528. The molecule has 1 radical (unpaired) electrons. The van der Waals surface area contributed by atoms with E-state index in [1.165, 1.54) is 11.8 Å². The highest BCUT2D eigenvalue weighted by Gasteiger charge is 1.74. The summed E-state index contributed by atoms with van der Waals surface area (Å²) >= 11 is 1.39. The second kappa shape index (κ2) is 2.58. The first-order valence-electron chi connectivity index (χ1n) is 1.79. The Bertz CT molecular complexity index is 112. The van der Waals surface area contributed by atoms with Crippen molar-refractivity contribution >= 4 is 23.5 Å². The van der Waals surface area contributed by atoms with Crippen molar-refractivity contribution in [2.24, 2.45) is 10.2 Å². The van der Waals surface area contributed by atoms with E-state index in [0.29, 0.717) is 0 Å². The fraction of sp³-hybridized carbons (Fsp3) is 0. The minimum Gasteiger partial charge on any atom is -0.158 e. The fourth-order valence-electron chi connectivity index (χ4n) is 0.224. The van der Waals surface area contributed by atoms with Gasteiger partial charge in [-0.2, -0.15) is 5.10 Å². The molecule has 1 aliphatic rings. The van der Waals surface area contributed by atoms with Gasteiger partial charge in [0, 0.05) is 0 Å². The molecule has 1 aliphatic heterocycles. The maximum atomic E-state index is 3.55. The molecule has 0 amide bonds. The quantitative estimate of drug-likeness (QED) is 0.460. The van der Waals surface area contributed by atoms with E-state index in [4.69, 9.17) is 0 Å². The Morgan fingerprint density at radius 2 is 2.57 bits per heavy atom. The molecule has 0 aliphatic carbocycles. The topological polar surface area (TPSA) is 24.7 Å². The Kier molecular flexibility index (Phi) is 1.69. The van der Waals surface area contributed by atoms with Gasteiger partial charge in [0.2, 0.25) is 0 Å². The van der Waals surface area contributed by atoms with E-state index in [-0.39, 0.29) is 0 Å². The summed E-state index contributed by atoms with van der Waals surface area (Å²) in [6, 6.07) is 0. The SMILES string of the molecule is [C]1=NN=CC=CS1. The predicted molar refractivity (Wildman–Crippen MR) is 32.7 cm³/mol. The van der Waals surface area contributed by atoms with Gasteiger partial charge in [-0.05, 0) is 11.5 Å². The average Bonchev–Trinajstić information content (AvgIpc) is 1.90. The van der Waals surface area contributed by atoms with E-state index in [9.17, 15) is 0 Å². The molecule has 0 unspecified atom stereocenters. The summed E-state index contributed by atoms with van der Waals surface area (Å²) in [7, 11) is 0. The highest BCUT2D eigenvalue weighted by Crippen LogP contribution is 1.97. The molecule has 1 rings (SSSR count). The summed E-state index contributed by atoms with van der Waals surface area (Å²) in [5.74, 6) is 0. The molecule has 0 N–H and O–H groups in total. The van der Waals surface area contributed by atoms with Crippen molar-refractivity contribution in [2.45, 2.75) is 0 Å². The van der Waals surface area contributed by atoms with Crippen LogP contribution in [0.3, 0.4) is 0 Å². The van der Waals surface area contributed by atoms with E-state index in [1.807, 2.05) is 11.5 Å². The number of thioether (sulfide) groups is 1. The summed E-state index contributed by atoms with van der Waals surface area (Å²) in [5, 5.41) is 8.90. The smallest absolute Gasteiger partial charge is 0.157 e. The van der Waals surface area contributed by atoms with Crippen LogP contribution in [-0.4, -0.2) is 11.8 Å². The lowest BCUT2D eigenvalue weighted by molar-refractivity contribution is 1.28. The number of allylic oxidation sites excluding steroid dienone is 1. The second-order valence-corrected chi connectivity index (χ2v) is 1.59. The molecule has 35 valence electrons. The Morgan fingerprint density at radius 1 is 1.57 bits per heavy atom. The van der Waals surface area contributed by atoms with Crippen LogP contribution in [0.1, 0.15) is 0 Å². The first-order chi connectivity index (χ1) is 3.50. The Hall–Kier alpha value is -0.570. The standard InChI is InChI=1S/C4H3N2S/c1-2-5-6-4-7-3-1/h1-3H. The van der Waals surface area contributed by atoms with Crippen LogP contribution in [0, 0.1) is 0 Å². The molecule has 0 saturated heterocycles. The molecule has 3 heteroatoms. The van der Waals surface area contributed by atoms with Gasteiger partial charge in [0.05, 0.1) is 6.21 Å². The van der Waals surface area contributed by atoms with Crippen LogP contribution in [0.4, 0.5) is 0 Å². The lowest BCUT2D eigenvalue weighted by Gasteiger charge is -1.65. The Balaban J connectivity index is 2.60. The van der Waals surface area contributed by atoms with Gasteiger partial charge in [-0.1, -0.05) is 11.8 Å². The molecule has 2 nitrogen and oxygen atoms in total. The lowest BCUT2D eigenvalue weighted by Crippen LogP contribution is -1.53. The predicted octanol–water partition coefficient (Wildman–Crippen LogP) is 1.14. The maximum absolute atomic E-state index is 3.55. The zero-order valence-electron chi connectivity index (χ0n) is 3.53. The zero-order valence-corrected chi connectivity index (χ0v) is 4.35. The van der Waals surface area contributed by atoms with Crippen molar-refractivity contribution in [3.05, 3.63) is 11.5 Å². The van der Waals surface area contributed by atoms with Crippen molar-refractivity contribution in [3.63, 3.8) is 0 Å². The first kappa shape index (κ1) is 4.59. The third-order valence-electron chi connectivity index (χ3n) is 0.451. The summed E-state index contributed by atoms with van der Waals surface area (Å²) in [6.45, 7) is 0. The molecule has 0 fully saturated rings. The second-order valence-electron chi connectivity index (χ2n) is 0.902. The first-order valence-corrected chi connectivity index (χ1v) is 2.67. The van der Waals surface area contributed by atoms with Crippen LogP contribution in [0.15, 0.2) is 21.7 Å². The minimum absolute atomic E-state index is 1.39. The molecule has 0 saturated carbocycles. The van der Waals surface area contributed by atoms with E-state index < -0.39 is 0 Å². The molecule has 0 spiro atoms. The molecule has 0 bridgehead atoms. The van der Waals surface area contributed by atoms with Crippen molar-refractivity contribution in [3.8, 4) is 0 Å². The highest BCUT2D eigenvalue weighted by atomic mass is 32.2. The van der Waals surface area contributed by atoms with Crippen LogP contribution < -0.4 is 0 Å². The van der Waals surface area contributed by atoms with Crippen molar-refractivity contribution in [1.29, 1.82) is 0 Å². The van der Waals surface area contributed by atoms with Gasteiger partial charge in [-0.3, -0.25) is 0 Å². The van der Waals surface area contributed by atoms with Gasteiger partial charge in [-0.25, -0.2) is 0 Å². The van der Waals surface area contributed by atoms with Crippen molar-refractivity contribution in [2.75, 3.05) is 0 Å². The third kappa shape index (κ3) is 1.55. The molecule has 0 atom stereocenters. The van der Waals surface area contributed by atoms with Gasteiger partial charge in [0.1, 0.15) is 0 Å². The number of hydrogen-bond acceptors (Lipinski definition) is 3. The van der Waals surface area contributed by atoms with Gasteiger partial charge in [0.15, 0.2) is 5.55 Å². The summed E-state index contributed by atoms with van der Waals surface area (Å²) in [5.41, 5.74) is 2.60. The van der Waals surface area contributed by atoms with Crippen molar-refractivity contribution in [1.82, 2.24) is 0 Å². The molecular formula is C4H3N2S. The number of hydrogen-bond donors (Lipinski definition) is 0. The van der Waals surface area contributed by atoms with Crippen LogP contribution in [-0.2, 0) is 0 Å².